The van der Waals surface area contributed by atoms with Crippen molar-refractivity contribution in [3.63, 3.8) is 0 Å². The Labute approximate surface area is 107 Å². The molecule has 0 aliphatic carbocycles. The average Bonchev–Trinajstić information content (AvgIpc) is 2.65. The molecule has 0 amide bonds. The van der Waals surface area contributed by atoms with Gasteiger partial charge >= 0.3 is 0 Å². The van der Waals surface area contributed by atoms with Gasteiger partial charge < -0.3 is 5.32 Å². The molecular formula is C13H18FNO2S. The molecule has 1 aliphatic heterocycles. The topological polar surface area (TPSA) is 46.2 Å². The van der Waals surface area contributed by atoms with Crippen molar-refractivity contribution in [2.45, 2.75) is 19.4 Å². The zero-order valence-corrected chi connectivity index (χ0v) is 11.4. The molecule has 2 atom stereocenters. The molecule has 0 aromatic heterocycles. The lowest BCUT2D eigenvalue weighted by Gasteiger charge is -2.22. The fraction of sp³-hybridized carbons (Fsp3) is 0.538. The zero-order chi connectivity index (χ0) is 13.3. The minimum Gasteiger partial charge on any atom is -0.313 e. The third-order valence-corrected chi connectivity index (χ3v) is 5.40. The molecule has 5 heteroatoms. The second kappa shape index (κ2) is 4.97. The lowest BCUT2D eigenvalue weighted by atomic mass is 9.92. The van der Waals surface area contributed by atoms with Crippen LogP contribution in [0.1, 0.15) is 23.6 Å². The fourth-order valence-electron chi connectivity index (χ4n) is 2.56. The molecule has 18 heavy (non-hydrogen) atoms. The number of benzene rings is 1. The van der Waals surface area contributed by atoms with Gasteiger partial charge in [0.1, 0.15) is 5.82 Å². The highest BCUT2D eigenvalue weighted by molar-refractivity contribution is 7.91. The van der Waals surface area contributed by atoms with Gasteiger partial charge in [0.2, 0.25) is 0 Å². The summed E-state index contributed by atoms with van der Waals surface area (Å²) in [4.78, 5) is 0. The second-order valence-corrected chi connectivity index (χ2v) is 7.17. The van der Waals surface area contributed by atoms with Crippen molar-refractivity contribution in [2.75, 3.05) is 18.6 Å². The van der Waals surface area contributed by atoms with Gasteiger partial charge in [0, 0.05) is 6.04 Å². The van der Waals surface area contributed by atoms with Crippen LogP contribution in [0.2, 0.25) is 0 Å². The van der Waals surface area contributed by atoms with E-state index in [1.165, 1.54) is 6.07 Å². The standard InChI is InChI=1S/C13H18FNO2S/c1-9-3-4-10(7-12(9)14)13(15-2)11-5-6-18(16,17)8-11/h3-4,7,11,13,15H,5-6,8H2,1-2H3. The minimum atomic E-state index is -2.91. The van der Waals surface area contributed by atoms with Crippen LogP contribution in [0.4, 0.5) is 4.39 Å². The Hall–Kier alpha value is -0.940. The number of sulfone groups is 1. The van der Waals surface area contributed by atoms with Crippen molar-refractivity contribution in [3.8, 4) is 0 Å². The molecule has 1 N–H and O–H groups in total. The van der Waals surface area contributed by atoms with Crippen molar-refractivity contribution in [1.82, 2.24) is 5.32 Å². The molecule has 1 fully saturated rings. The van der Waals surface area contributed by atoms with E-state index in [1.807, 2.05) is 6.07 Å². The summed E-state index contributed by atoms with van der Waals surface area (Å²) in [5.74, 6) is 0.216. The third-order valence-electron chi connectivity index (χ3n) is 3.61. The van der Waals surface area contributed by atoms with E-state index in [9.17, 15) is 12.8 Å². The number of halogens is 1. The van der Waals surface area contributed by atoms with E-state index in [-0.39, 0.29) is 29.3 Å². The Balaban J connectivity index is 2.26. The summed E-state index contributed by atoms with van der Waals surface area (Å²) in [6.07, 6.45) is 0.642. The Bertz CT molecular complexity index is 542. The summed E-state index contributed by atoms with van der Waals surface area (Å²) in [6.45, 7) is 1.72. The van der Waals surface area contributed by atoms with E-state index < -0.39 is 9.84 Å². The van der Waals surface area contributed by atoms with Crippen molar-refractivity contribution >= 4 is 9.84 Å². The summed E-state index contributed by atoms with van der Waals surface area (Å²) < 4.78 is 36.6. The molecule has 100 valence electrons. The summed E-state index contributed by atoms with van der Waals surface area (Å²) in [5, 5.41) is 3.11. The van der Waals surface area contributed by atoms with Gasteiger partial charge in [-0.05, 0) is 43.5 Å². The van der Waals surface area contributed by atoms with Gasteiger partial charge in [-0.25, -0.2) is 12.8 Å². The fourth-order valence-corrected chi connectivity index (χ4v) is 4.40. The van der Waals surface area contributed by atoms with Crippen LogP contribution in [-0.2, 0) is 9.84 Å². The molecule has 0 spiro atoms. The Morgan fingerprint density at radius 3 is 2.67 bits per heavy atom. The van der Waals surface area contributed by atoms with Gasteiger partial charge in [-0.1, -0.05) is 12.1 Å². The molecule has 0 radical (unpaired) electrons. The first-order valence-electron chi connectivity index (χ1n) is 6.06. The molecule has 1 aliphatic rings. The number of nitrogens with one attached hydrogen (secondary N) is 1. The maximum absolute atomic E-state index is 13.6. The highest BCUT2D eigenvalue weighted by Gasteiger charge is 2.33. The van der Waals surface area contributed by atoms with Gasteiger partial charge in [0.05, 0.1) is 11.5 Å². The van der Waals surface area contributed by atoms with Crippen molar-refractivity contribution < 1.29 is 12.8 Å². The van der Waals surface area contributed by atoms with E-state index in [1.54, 1.807) is 20.0 Å². The highest BCUT2D eigenvalue weighted by atomic mass is 32.2. The summed E-state index contributed by atoms with van der Waals surface area (Å²) in [7, 11) is -1.13. The summed E-state index contributed by atoms with van der Waals surface area (Å²) >= 11 is 0. The first-order valence-corrected chi connectivity index (χ1v) is 7.89. The summed E-state index contributed by atoms with van der Waals surface area (Å²) in [5.41, 5.74) is 1.43. The van der Waals surface area contributed by atoms with Gasteiger partial charge in [0.25, 0.3) is 0 Å². The molecule has 1 aromatic carbocycles. The number of hydrogen-bond donors (Lipinski definition) is 1. The van der Waals surface area contributed by atoms with Crippen LogP contribution in [0, 0.1) is 18.7 Å². The van der Waals surface area contributed by atoms with Gasteiger partial charge in [-0.15, -0.1) is 0 Å². The van der Waals surface area contributed by atoms with Crippen molar-refractivity contribution in [1.29, 1.82) is 0 Å². The highest BCUT2D eigenvalue weighted by Crippen LogP contribution is 2.31. The van der Waals surface area contributed by atoms with Gasteiger partial charge in [-0.3, -0.25) is 0 Å². The number of rotatable bonds is 3. The molecule has 3 nitrogen and oxygen atoms in total. The monoisotopic (exact) mass is 271 g/mol. The Kier molecular flexibility index (Phi) is 3.73. The molecule has 0 saturated carbocycles. The van der Waals surface area contributed by atoms with Crippen LogP contribution in [-0.4, -0.2) is 27.0 Å². The van der Waals surface area contributed by atoms with E-state index in [0.29, 0.717) is 12.0 Å². The molecule has 2 unspecified atom stereocenters. The quantitative estimate of drug-likeness (QED) is 0.912. The molecule has 2 rings (SSSR count). The maximum Gasteiger partial charge on any atom is 0.150 e. The van der Waals surface area contributed by atoms with Crippen LogP contribution >= 0.6 is 0 Å². The lowest BCUT2D eigenvalue weighted by molar-refractivity contribution is 0.417. The van der Waals surface area contributed by atoms with Crippen LogP contribution in [0.15, 0.2) is 18.2 Å². The predicted octanol–water partition coefficient (Wildman–Crippen LogP) is 1.83. The SMILES string of the molecule is CNC(c1ccc(C)c(F)c1)C1CCS(=O)(=O)C1. The molecule has 1 saturated heterocycles. The van der Waals surface area contributed by atoms with E-state index in [4.69, 9.17) is 0 Å². The van der Waals surface area contributed by atoms with E-state index in [2.05, 4.69) is 5.32 Å². The zero-order valence-electron chi connectivity index (χ0n) is 10.6. The van der Waals surface area contributed by atoms with Gasteiger partial charge in [-0.2, -0.15) is 0 Å². The normalized spacial score (nSPS) is 24.1. The first-order chi connectivity index (χ1) is 8.43. The number of hydrogen-bond acceptors (Lipinski definition) is 3. The smallest absolute Gasteiger partial charge is 0.150 e. The van der Waals surface area contributed by atoms with Crippen LogP contribution < -0.4 is 5.32 Å². The minimum absolute atomic E-state index is 0.0297. The van der Waals surface area contributed by atoms with Crippen LogP contribution in [0.5, 0.6) is 0 Å². The van der Waals surface area contributed by atoms with E-state index >= 15 is 0 Å². The first kappa shape index (κ1) is 13.5. The third kappa shape index (κ3) is 2.72. The Morgan fingerprint density at radius 2 is 2.17 bits per heavy atom. The van der Waals surface area contributed by atoms with Gasteiger partial charge in [0.15, 0.2) is 9.84 Å². The summed E-state index contributed by atoms with van der Waals surface area (Å²) in [6, 6.07) is 5.00. The van der Waals surface area contributed by atoms with Crippen LogP contribution in [0.25, 0.3) is 0 Å². The molecular weight excluding hydrogens is 253 g/mol. The largest absolute Gasteiger partial charge is 0.313 e. The second-order valence-electron chi connectivity index (χ2n) is 4.94. The average molecular weight is 271 g/mol. The molecule has 1 heterocycles. The molecule has 1 aromatic rings. The number of aryl methyl sites for hydroxylation is 1. The van der Waals surface area contributed by atoms with E-state index in [0.717, 1.165) is 5.56 Å². The maximum atomic E-state index is 13.6. The predicted molar refractivity (Wildman–Crippen MR) is 69.7 cm³/mol. The van der Waals surface area contributed by atoms with Crippen molar-refractivity contribution in [3.05, 3.63) is 35.1 Å². The van der Waals surface area contributed by atoms with Crippen LogP contribution in [0.3, 0.4) is 0 Å². The Morgan fingerprint density at radius 1 is 1.44 bits per heavy atom. The molecule has 0 bridgehead atoms. The van der Waals surface area contributed by atoms with Crippen molar-refractivity contribution in [2.24, 2.45) is 5.92 Å². The lowest BCUT2D eigenvalue weighted by Crippen LogP contribution is -2.26.